The standard InChI is InChI=1S/C21H23N3O3/c1-16(17-8-3-2-4-9-17)27-13-7-12-22-20(25)15-24-19-11-6-5-10-18(19)23-14-21(24)26/h2-6,8-11,14,16H,7,12-13,15H2,1H3,(H,22,25). The maximum atomic E-state index is 12.2. The van der Waals surface area contributed by atoms with Crippen molar-refractivity contribution in [3.05, 3.63) is 76.7 Å². The molecule has 1 N–H and O–H groups in total. The number of fused-ring (bicyclic) bond motifs is 1. The zero-order valence-electron chi connectivity index (χ0n) is 15.3. The molecule has 2 aromatic carbocycles. The Morgan fingerprint density at radius 3 is 2.70 bits per heavy atom. The predicted octanol–water partition coefficient (Wildman–Crippen LogP) is 2.68. The second kappa shape index (κ2) is 9.09. The first-order chi connectivity index (χ1) is 13.1. The Kier molecular flexibility index (Phi) is 6.33. The molecule has 0 fully saturated rings. The van der Waals surface area contributed by atoms with E-state index >= 15 is 0 Å². The van der Waals surface area contributed by atoms with E-state index in [2.05, 4.69) is 10.3 Å². The van der Waals surface area contributed by atoms with Crippen LogP contribution in [0.25, 0.3) is 11.0 Å². The highest BCUT2D eigenvalue weighted by Crippen LogP contribution is 2.15. The van der Waals surface area contributed by atoms with Gasteiger partial charge in [-0.2, -0.15) is 0 Å². The molecule has 27 heavy (non-hydrogen) atoms. The van der Waals surface area contributed by atoms with E-state index in [0.29, 0.717) is 30.6 Å². The van der Waals surface area contributed by atoms with E-state index < -0.39 is 0 Å². The first-order valence-electron chi connectivity index (χ1n) is 9.03. The molecule has 0 aliphatic heterocycles. The molecular weight excluding hydrogens is 342 g/mol. The molecule has 0 aliphatic rings. The van der Waals surface area contributed by atoms with Gasteiger partial charge in [0.1, 0.15) is 6.54 Å². The first kappa shape index (κ1) is 18.8. The molecule has 0 aliphatic carbocycles. The van der Waals surface area contributed by atoms with Crippen molar-refractivity contribution in [2.45, 2.75) is 26.0 Å². The number of ether oxygens (including phenoxy) is 1. The summed E-state index contributed by atoms with van der Waals surface area (Å²) in [4.78, 5) is 28.3. The largest absolute Gasteiger partial charge is 0.374 e. The molecule has 6 heteroatoms. The van der Waals surface area contributed by atoms with Gasteiger partial charge >= 0.3 is 0 Å². The van der Waals surface area contributed by atoms with Gasteiger partial charge in [0.25, 0.3) is 5.56 Å². The van der Waals surface area contributed by atoms with E-state index in [4.69, 9.17) is 4.74 Å². The molecule has 1 heterocycles. The van der Waals surface area contributed by atoms with Gasteiger partial charge < -0.3 is 10.1 Å². The Bertz CT molecular complexity index is 954. The van der Waals surface area contributed by atoms with Crippen molar-refractivity contribution >= 4 is 16.9 Å². The average Bonchev–Trinajstić information content (AvgIpc) is 2.70. The van der Waals surface area contributed by atoms with E-state index in [1.54, 1.807) is 6.07 Å². The topological polar surface area (TPSA) is 73.2 Å². The van der Waals surface area contributed by atoms with Crippen molar-refractivity contribution in [2.24, 2.45) is 0 Å². The lowest BCUT2D eigenvalue weighted by molar-refractivity contribution is -0.121. The SMILES string of the molecule is CC(OCCCNC(=O)Cn1c(=O)cnc2ccccc21)c1ccccc1. The highest BCUT2D eigenvalue weighted by molar-refractivity contribution is 5.79. The van der Waals surface area contributed by atoms with Gasteiger partial charge in [0.2, 0.25) is 5.91 Å². The van der Waals surface area contributed by atoms with E-state index in [9.17, 15) is 9.59 Å². The zero-order chi connectivity index (χ0) is 19.1. The number of nitrogens with zero attached hydrogens (tertiary/aromatic N) is 2. The summed E-state index contributed by atoms with van der Waals surface area (Å²) in [6, 6.07) is 17.3. The highest BCUT2D eigenvalue weighted by atomic mass is 16.5. The van der Waals surface area contributed by atoms with Crippen molar-refractivity contribution in [1.29, 1.82) is 0 Å². The number of nitrogens with one attached hydrogen (secondary N) is 1. The van der Waals surface area contributed by atoms with E-state index in [1.165, 1.54) is 10.8 Å². The summed E-state index contributed by atoms with van der Waals surface area (Å²) in [6.45, 7) is 3.03. The minimum atomic E-state index is -0.288. The van der Waals surface area contributed by atoms with E-state index in [0.717, 1.165) is 5.56 Å². The average molecular weight is 365 g/mol. The van der Waals surface area contributed by atoms with Gasteiger partial charge in [-0.3, -0.25) is 14.2 Å². The monoisotopic (exact) mass is 365 g/mol. The lowest BCUT2D eigenvalue weighted by atomic mass is 10.1. The summed E-state index contributed by atoms with van der Waals surface area (Å²) >= 11 is 0. The molecule has 1 unspecified atom stereocenters. The second-order valence-electron chi connectivity index (χ2n) is 6.30. The van der Waals surface area contributed by atoms with Crippen LogP contribution in [-0.4, -0.2) is 28.6 Å². The number of rotatable bonds is 8. The molecule has 1 amide bonds. The number of para-hydroxylation sites is 2. The highest BCUT2D eigenvalue weighted by Gasteiger charge is 2.09. The smallest absolute Gasteiger partial charge is 0.269 e. The van der Waals surface area contributed by atoms with Gasteiger partial charge in [0.05, 0.1) is 23.3 Å². The zero-order valence-corrected chi connectivity index (χ0v) is 15.3. The van der Waals surface area contributed by atoms with Gasteiger partial charge in [0.15, 0.2) is 0 Å². The maximum Gasteiger partial charge on any atom is 0.269 e. The van der Waals surface area contributed by atoms with Crippen molar-refractivity contribution < 1.29 is 9.53 Å². The first-order valence-corrected chi connectivity index (χ1v) is 9.03. The van der Waals surface area contributed by atoms with Gasteiger partial charge in [-0.05, 0) is 31.0 Å². The van der Waals surface area contributed by atoms with Crippen LogP contribution < -0.4 is 10.9 Å². The summed E-state index contributed by atoms with van der Waals surface area (Å²) < 4.78 is 7.23. The Labute approximate surface area is 157 Å². The fraction of sp³-hybridized carbons (Fsp3) is 0.286. The second-order valence-corrected chi connectivity index (χ2v) is 6.30. The molecule has 1 aromatic heterocycles. The normalized spacial score (nSPS) is 12.0. The fourth-order valence-electron chi connectivity index (χ4n) is 2.86. The Morgan fingerprint density at radius 1 is 1.15 bits per heavy atom. The van der Waals surface area contributed by atoms with Crippen LogP contribution in [0.4, 0.5) is 0 Å². The number of amides is 1. The molecule has 0 saturated carbocycles. The van der Waals surface area contributed by atoms with Crippen LogP contribution >= 0.6 is 0 Å². The Balaban J connectivity index is 1.46. The minimum Gasteiger partial charge on any atom is -0.374 e. The Hall–Kier alpha value is -2.99. The van der Waals surface area contributed by atoms with Crippen LogP contribution in [0.5, 0.6) is 0 Å². The van der Waals surface area contributed by atoms with Crippen molar-refractivity contribution in [3.63, 3.8) is 0 Å². The van der Waals surface area contributed by atoms with E-state index in [1.807, 2.05) is 55.5 Å². The fourth-order valence-corrected chi connectivity index (χ4v) is 2.86. The summed E-state index contributed by atoms with van der Waals surface area (Å²) in [5.41, 5.74) is 2.18. The summed E-state index contributed by atoms with van der Waals surface area (Å²) in [5.74, 6) is -0.204. The summed E-state index contributed by atoms with van der Waals surface area (Å²) in [7, 11) is 0. The third-order valence-electron chi connectivity index (χ3n) is 4.33. The molecule has 0 radical (unpaired) electrons. The van der Waals surface area contributed by atoms with Crippen LogP contribution in [0, 0.1) is 0 Å². The summed E-state index contributed by atoms with van der Waals surface area (Å²) in [6.07, 6.45) is 1.97. The molecule has 0 saturated heterocycles. The number of benzene rings is 2. The minimum absolute atomic E-state index is 0.0173. The Morgan fingerprint density at radius 2 is 1.89 bits per heavy atom. The number of hydrogen-bond acceptors (Lipinski definition) is 4. The van der Waals surface area contributed by atoms with Gasteiger partial charge in [-0.15, -0.1) is 0 Å². The number of hydrogen-bond donors (Lipinski definition) is 1. The molecule has 0 spiro atoms. The van der Waals surface area contributed by atoms with Crippen LogP contribution in [0.15, 0.2) is 65.6 Å². The van der Waals surface area contributed by atoms with Crippen LogP contribution in [0.3, 0.4) is 0 Å². The molecule has 1 atom stereocenters. The van der Waals surface area contributed by atoms with Crippen molar-refractivity contribution in [1.82, 2.24) is 14.9 Å². The third-order valence-corrected chi connectivity index (χ3v) is 4.33. The summed E-state index contributed by atoms with van der Waals surface area (Å²) in [5, 5.41) is 2.84. The van der Waals surface area contributed by atoms with Crippen LogP contribution in [0.1, 0.15) is 25.0 Å². The number of carbonyl (C=O) groups is 1. The van der Waals surface area contributed by atoms with Crippen molar-refractivity contribution in [2.75, 3.05) is 13.2 Å². The van der Waals surface area contributed by atoms with Crippen LogP contribution in [0.2, 0.25) is 0 Å². The third kappa shape index (κ3) is 5.01. The van der Waals surface area contributed by atoms with E-state index in [-0.39, 0.29) is 24.1 Å². The molecular formula is C21H23N3O3. The lowest BCUT2D eigenvalue weighted by Gasteiger charge is -2.14. The molecule has 6 nitrogen and oxygen atoms in total. The molecule has 0 bridgehead atoms. The molecule has 3 aromatic rings. The van der Waals surface area contributed by atoms with Crippen LogP contribution in [-0.2, 0) is 16.1 Å². The van der Waals surface area contributed by atoms with Gasteiger partial charge in [0, 0.05) is 13.2 Å². The molecule has 3 rings (SSSR count). The van der Waals surface area contributed by atoms with Crippen molar-refractivity contribution in [3.8, 4) is 0 Å². The van der Waals surface area contributed by atoms with Gasteiger partial charge in [-0.1, -0.05) is 42.5 Å². The number of aromatic nitrogens is 2. The maximum absolute atomic E-state index is 12.2. The van der Waals surface area contributed by atoms with Gasteiger partial charge in [-0.25, -0.2) is 4.98 Å². The molecule has 140 valence electrons. The quantitative estimate of drug-likeness (QED) is 0.623. The number of carbonyl (C=O) groups excluding carboxylic acids is 1. The predicted molar refractivity (Wildman–Crippen MR) is 104 cm³/mol. The lowest BCUT2D eigenvalue weighted by Crippen LogP contribution is -2.33.